The van der Waals surface area contributed by atoms with E-state index in [9.17, 15) is 13.2 Å². The molecule has 0 spiro atoms. The molecule has 0 atom stereocenters. The minimum Gasteiger partial charge on any atom is -0.377 e. The van der Waals surface area contributed by atoms with Gasteiger partial charge in [-0.05, 0) is 55.2 Å². The van der Waals surface area contributed by atoms with Crippen molar-refractivity contribution in [2.45, 2.75) is 40.7 Å². The van der Waals surface area contributed by atoms with Crippen LogP contribution in [0.2, 0.25) is 0 Å². The van der Waals surface area contributed by atoms with Crippen LogP contribution in [-0.4, -0.2) is 45.6 Å². The Hall–Kier alpha value is -2.54. The Balaban J connectivity index is 2.41. The minimum absolute atomic E-state index is 0.0286. The van der Waals surface area contributed by atoms with Gasteiger partial charge in [-0.25, -0.2) is 8.42 Å². The molecule has 31 heavy (non-hydrogen) atoms. The van der Waals surface area contributed by atoms with Crippen LogP contribution in [-0.2, 0) is 16.6 Å². The van der Waals surface area contributed by atoms with Gasteiger partial charge in [0.05, 0.1) is 5.75 Å². The molecule has 7 heteroatoms. The van der Waals surface area contributed by atoms with E-state index in [-0.39, 0.29) is 11.7 Å². The predicted octanol–water partition coefficient (Wildman–Crippen LogP) is 4.51. The van der Waals surface area contributed by atoms with Crippen molar-refractivity contribution in [3.63, 3.8) is 0 Å². The highest BCUT2D eigenvalue weighted by Crippen LogP contribution is 2.26. The van der Waals surface area contributed by atoms with Crippen LogP contribution < -0.4 is 9.62 Å². The van der Waals surface area contributed by atoms with Crippen molar-refractivity contribution in [1.82, 2.24) is 4.90 Å². The first-order valence-electron chi connectivity index (χ1n) is 10.7. The molecule has 0 saturated carbocycles. The summed E-state index contributed by atoms with van der Waals surface area (Å²) >= 11 is 0. The molecule has 0 aliphatic carbocycles. The normalized spacial score (nSPS) is 11.5. The number of carbonyl (C=O) groups excluding carboxylic acids is 1. The number of hydrogen-bond donors (Lipinski definition) is 1. The molecule has 1 amide bonds. The van der Waals surface area contributed by atoms with Gasteiger partial charge >= 0.3 is 0 Å². The van der Waals surface area contributed by atoms with E-state index in [4.69, 9.17) is 0 Å². The largest absolute Gasteiger partial charge is 0.377 e. The van der Waals surface area contributed by atoms with Crippen molar-refractivity contribution in [2.24, 2.45) is 5.92 Å². The average Bonchev–Trinajstić information content (AvgIpc) is 2.66. The zero-order chi connectivity index (χ0) is 23.2. The molecule has 2 rings (SSSR count). The minimum atomic E-state index is -3.39. The van der Waals surface area contributed by atoms with Crippen LogP contribution in [0.15, 0.2) is 42.5 Å². The Morgan fingerprint density at radius 1 is 1.10 bits per heavy atom. The number of carbonyl (C=O) groups is 1. The molecule has 0 heterocycles. The van der Waals surface area contributed by atoms with E-state index in [1.807, 2.05) is 74.1 Å². The van der Waals surface area contributed by atoms with E-state index in [1.165, 1.54) is 0 Å². The Morgan fingerprint density at radius 2 is 1.81 bits per heavy atom. The summed E-state index contributed by atoms with van der Waals surface area (Å²) in [6.45, 7) is 8.96. The first-order valence-corrected chi connectivity index (χ1v) is 12.3. The Labute approximate surface area is 187 Å². The summed E-state index contributed by atoms with van der Waals surface area (Å²) in [4.78, 5) is 17.1. The Morgan fingerprint density at radius 3 is 2.39 bits per heavy atom. The van der Waals surface area contributed by atoms with Crippen LogP contribution in [0, 0.1) is 12.8 Å². The lowest BCUT2D eigenvalue weighted by Gasteiger charge is -2.28. The number of nitrogens with one attached hydrogen (secondary N) is 1. The topological polar surface area (TPSA) is 69.7 Å². The molecular formula is C24H35N3O3S. The molecule has 1 N–H and O–H groups in total. The van der Waals surface area contributed by atoms with Gasteiger partial charge in [0.15, 0.2) is 0 Å². The van der Waals surface area contributed by atoms with Crippen molar-refractivity contribution in [1.29, 1.82) is 0 Å². The number of sulfonamides is 1. The van der Waals surface area contributed by atoms with Gasteiger partial charge in [-0.15, -0.1) is 0 Å². The maximum atomic E-state index is 13.3. The average molecular weight is 446 g/mol. The second-order valence-corrected chi connectivity index (χ2v) is 10.4. The fourth-order valence-electron chi connectivity index (χ4n) is 3.54. The van der Waals surface area contributed by atoms with E-state index in [0.717, 1.165) is 16.8 Å². The van der Waals surface area contributed by atoms with Crippen molar-refractivity contribution in [3.05, 3.63) is 59.2 Å². The lowest BCUT2D eigenvalue weighted by Crippen LogP contribution is -2.34. The third kappa shape index (κ3) is 7.28. The van der Waals surface area contributed by atoms with E-state index >= 15 is 0 Å². The number of aryl methyl sites for hydroxylation is 1. The number of anilines is 2. The predicted molar refractivity (Wildman–Crippen MR) is 129 cm³/mol. The quantitative estimate of drug-likeness (QED) is 0.584. The van der Waals surface area contributed by atoms with Gasteiger partial charge in [-0.3, -0.25) is 9.52 Å². The van der Waals surface area contributed by atoms with Gasteiger partial charge in [0.25, 0.3) is 5.91 Å². The van der Waals surface area contributed by atoms with Crippen molar-refractivity contribution < 1.29 is 13.2 Å². The lowest BCUT2D eigenvalue weighted by atomic mass is 10.1. The molecule has 2 aromatic rings. The van der Waals surface area contributed by atoms with E-state index in [2.05, 4.69) is 18.6 Å². The second kappa shape index (κ2) is 10.7. The van der Waals surface area contributed by atoms with Gasteiger partial charge in [-0.2, -0.15) is 0 Å². The highest BCUT2D eigenvalue weighted by molar-refractivity contribution is 7.92. The van der Waals surface area contributed by atoms with Crippen LogP contribution in [0.1, 0.15) is 48.7 Å². The Kier molecular flexibility index (Phi) is 8.51. The Bertz CT molecular complexity index is 1000. The summed E-state index contributed by atoms with van der Waals surface area (Å²) in [5.74, 6) is 0.338. The fourth-order valence-corrected chi connectivity index (χ4v) is 4.66. The van der Waals surface area contributed by atoms with E-state index in [1.54, 1.807) is 6.07 Å². The summed E-state index contributed by atoms with van der Waals surface area (Å²) in [7, 11) is 0.489. The monoisotopic (exact) mass is 445 g/mol. The number of benzene rings is 2. The maximum absolute atomic E-state index is 13.3. The van der Waals surface area contributed by atoms with Gasteiger partial charge in [0.1, 0.15) is 0 Å². The van der Waals surface area contributed by atoms with E-state index < -0.39 is 10.0 Å². The number of nitrogens with zero attached hydrogens (tertiary/aromatic N) is 2. The molecule has 0 aliphatic rings. The van der Waals surface area contributed by atoms with Gasteiger partial charge in [0, 0.05) is 44.1 Å². The molecule has 0 saturated heterocycles. The number of rotatable bonds is 10. The van der Waals surface area contributed by atoms with Crippen molar-refractivity contribution in [3.8, 4) is 0 Å². The molecule has 170 valence electrons. The molecule has 2 aromatic carbocycles. The van der Waals surface area contributed by atoms with Crippen LogP contribution >= 0.6 is 0 Å². The van der Waals surface area contributed by atoms with Crippen LogP contribution in [0.25, 0.3) is 0 Å². The fraction of sp³-hybridized carbons (Fsp3) is 0.458. The third-order valence-electron chi connectivity index (χ3n) is 4.81. The van der Waals surface area contributed by atoms with Crippen molar-refractivity contribution in [2.75, 3.05) is 36.0 Å². The zero-order valence-corrected chi connectivity index (χ0v) is 20.3. The third-order valence-corrected chi connectivity index (χ3v) is 6.30. The highest BCUT2D eigenvalue weighted by Gasteiger charge is 2.20. The maximum Gasteiger partial charge on any atom is 0.254 e. The summed E-state index contributed by atoms with van der Waals surface area (Å²) in [6.07, 6.45) is 0.547. The molecule has 0 bridgehead atoms. The summed E-state index contributed by atoms with van der Waals surface area (Å²) in [6, 6.07) is 13.1. The van der Waals surface area contributed by atoms with Crippen LogP contribution in [0.5, 0.6) is 0 Å². The van der Waals surface area contributed by atoms with Crippen LogP contribution in [0.4, 0.5) is 11.4 Å². The lowest BCUT2D eigenvalue weighted by molar-refractivity contribution is 0.0723. The smallest absolute Gasteiger partial charge is 0.254 e. The molecule has 0 radical (unpaired) electrons. The second-order valence-electron chi connectivity index (χ2n) is 8.61. The van der Waals surface area contributed by atoms with Crippen LogP contribution in [0.3, 0.4) is 0 Å². The molecule has 0 fully saturated rings. The number of hydrogen-bond acceptors (Lipinski definition) is 4. The van der Waals surface area contributed by atoms with E-state index in [0.29, 0.717) is 36.7 Å². The summed E-state index contributed by atoms with van der Waals surface area (Å²) < 4.78 is 27.1. The first kappa shape index (κ1) is 24.7. The molecule has 0 aromatic heterocycles. The zero-order valence-electron chi connectivity index (χ0n) is 19.5. The first-order chi connectivity index (χ1) is 14.5. The SMILES string of the molecule is CCCS(=O)(=O)Nc1ccc(N(C)C)c(CN(CC(C)C)C(=O)c2cccc(C)c2)c1. The molecular weight excluding hydrogens is 410 g/mol. The molecule has 6 nitrogen and oxygen atoms in total. The summed E-state index contributed by atoms with van der Waals surface area (Å²) in [5, 5.41) is 0. The number of amides is 1. The summed E-state index contributed by atoms with van der Waals surface area (Å²) in [5.41, 5.74) is 4.05. The standard InChI is InChI=1S/C24H35N3O3S/c1-7-13-31(29,30)25-22-11-12-23(26(5)6)21(15-22)17-27(16-18(2)3)24(28)20-10-8-9-19(4)14-20/h8-12,14-15,18,25H,7,13,16-17H2,1-6H3. The molecule has 0 unspecified atom stereocenters. The highest BCUT2D eigenvalue weighted by atomic mass is 32.2. The van der Waals surface area contributed by atoms with Crippen molar-refractivity contribution >= 4 is 27.3 Å². The van der Waals surface area contributed by atoms with Gasteiger partial charge < -0.3 is 9.80 Å². The molecule has 0 aliphatic heterocycles. The van der Waals surface area contributed by atoms with Gasteiger partial charge in [-0.1, -0.05) is 38.5 Å². The van der Waals surface area contributed by atoms with Gasteiger partial charge in [0.2, 0.25) is 10.0 Å².